The van der Waals surface area contributed by atoms with E-state index in [0.29, 0.717) is 12.1 Å². The van der Waals surface area contributed by atoms with Gasteiger partial charge in [-0.1, -0.05) is 6.07 Å². The number of anilines is 1. The van der Waals surface area contributed by atoms with Crippen molar-refractivity contribution in [3.05, 3.63) is 23.9 Å². The van der Waals surface area contributed by atoms with Crippen LogP contribution in [-0.2, 0) is 9.47 Å². The molecule has 2 N–H and O–H groups in total. The summed E-state index contributed by atoms with van der Waals surface area (Å²) in [6.07, 6.45) is 5.57. The molecule has 29 heavy (non-hydrogen) atoms. The van der Waals surface area contributed by atoms with Gasteiger partial charge in [-0.25, -0.2) is 4.98 Å². The smallest absolute Gasteiger partial charge is 0.191 e. The molecule has 1 aromatic rings. The Morgan fingerprint density at radius 2 is 2.00 bits per heavy atom. The summed E-state index contributed by atoms with van der Waals surface area (Å²) in [5.41, 5.74) is 1.07. The van der Waals surface area contributed by atoms with Gasteiger partial charge in [-0.05, 0) is 51.2 Å². The largest absolute Gasteiger partial charge is 0.381 e. The first kappa shape index (κ1) is 24.1. The van der Waals surface area contributed by atoms with E-state index in [1.165, 1.54) is 0 Å². The monoisotopic (exact) mass is 517 g/mol. The number of ether oxygens (including phenoxy) is 2. The van der Waals surface area contributed by atoms with Crippen molar-refractivity contribution >= 4 is 35.8 Å². The van der Waals surface area contributed by atoms with E-state index in [9.17, 15) is 0 Å². The van der Waals surface area contributed by atoms with Crippen LogP contribution in [0.1, 0.15) is 37.8 Å². The number of rotatable bonds is 7. The lowest BCUT2D eigenvalue weighted by atomic mass is 10.1. The Morgan fingerprint density at radius 1 is 1.24 bits per heavy atom. The molecule has 0 unspecified atom stereocenters. The topological polar surface area (TPSA) is 71.0 Å². The SMILES string of the molecule is CN=C(NCCCOC1CCOCC1)NC1CCN(c2cccc(C)n2)CC1.I. The van der Waals surface area contributed by atoms with Gasteiger partial charge in [0.1, 0.15) is 5.82 Å². The van der Waals surface area contributed by atoms with E-state index in [1.54, 1.807) is 0 Å². The number of aryl methyl sites for hydroxylation is 1. The number of aromatic nitrogens is 1. The van der Waals surface area contributed by atoms with Gasteiger partial charge >= 0.3 is 0 Å². The Bertz CT molecular complexity index is 617. The van der Waals surface area contributed by atoms with Crippen molar-refractivity contribution in [3.8, 4) is 0 Å². The van der Waals surface area contributed by atoms with Crippen LogP contribution in [0.3, 0.4) is 0 Å². The minimum Gasteiger partial charge on any atom is -0.381 e. The molecule has 0 atom stereocenters. The summed E-state index contributed by atoms with van der Waals surface area (Å²) in [6.45, 7) is 7.40. The molecule has 0 saturated carbocycles. The van der Waals surface area contributed by atoms with E-state index in [1.807, 2.05) is 20.0 Å². The van der Waals surface area contributed by atoms with Crippen molar-refractivity contribution in [2.24, 2.45) is 4.99 Å². The average molecular weight is 517 g/mol. The molecule has 7 nitrogen and oxygen atoms in total. The summed E-state index contributed by atoms with van der Waals surface area (Å²) < 4.78 is 11.3. The first-order chi connectivity index (χ1) is 13.7. The lowest BCUT2D eigenvalue weighted by Gasteiger charge is -2.34. The Morgan fingerprint density at radius 3 is 2.69 bits per heavy atom. The van der Waals surface area contributed by atoms with Crippen molar-refractivity contribution < 1.29 is 9.47 Å². The zero-order valence-corrected chi connectivity index (χ0v) is 20.1. The number of piperidine rings is 1. The standard InChI is InChI=1S/C21H35N5O2.HI/c1-17-5-3-6-20(24-17)26-12-7-18(8-13-26)25-21(22-2)23-11-4-14-28-19-9-15-27-16-10-19;/h3,5-6,18-19H,4,7-16H2,1-2H3,(H2,22,23,25);1H. The Labute approximate surface area is 192 Å². The summed E-state index contributed by atoms with van der Waals surface area (Å²) in [7, 11) is 1.83. The van der Waals surface area contributed by atoms with E-state index < -0.39 is 0 Å². The van der Waals surface area contributed by atoms with Crippen LogP contribution in [0, 0.1) is 6.92 Å². The minimum absolute atomic E-state index is 0. The molecule has 0 radical (unpaired) electrons. The molecule has 0 aliphatic carbocycles. The summed E-state index contributed by atoms with van der Waals surface area (Å²) in [6, 6.07) is 6.68. The van der Waals surface area contributed by atoms with Gasteiger partial charge in [0.15, 0.2) is 5.96 Å². The van der Waals surface area contributed by atoms with Crippen molar-refractivity contribution in [2.75, 3.05) is 51.4 Å². The first-order valence-electron chi connectivity index (χ1n) is 10.6. The number of guanidine groups is 1. The fourth-order valence-electron chi connectivity index (χ4n) is 3.72. The number of hydrogen-bond donors (Lipinski definition) is 2. The number of aliphatic imine (C=N–C) groups is 1. The average Bonchev–Trinajstić information content (AvgIpc) is 2.74. The summed E-state index contributed by atoms with van der Waals surface area (Å²) in [4.78, 5) is 11.4. The van der Waals surface area contributed by atoms with E-state index in [4.69, 9.17) is 9.47 Å². The van der Waals surface area contributed by atoms with Crippen LogP contribution in [0.2, 0.25) is 0 Å². The van der Waals surface area contributed by atoms with Gasteiger partial charge in [0, 0.05) is 58.2 Å². The molecule has 0 bridgehead atoms. The molecular weight excluding hydrogens is 481 g/mol. The lowest BCUT2D eigenvalue weighted by molar-refractivity contribution is -0.0320. The van der Waals surface area contributed by atoms with E-state index in [2.05, 4.69) is 37.6 Å². The Hall–Kier alpha value is -1.13. The number of hydrogen-bond acceptors (Lipinski definition) is 5. The molecule has 0 amide bonds. The van der Waals surface area contributed by atoms with Gasteiger partial charge in [0.05, 0.1) is 6.10 Å². The third-order valence-corrected chi connectivity index (χ3v) is 5.39. The van der Waals surface area contributed by atoms with Gasteiger partial charge in [-0.2, -0.15) is 0 Å². The van der Waals surface area contributed by atoms with Crippen molar-refractivity contribution in [2.45, 2.75) is 51.2 Å². The molecule has 0 aromatic carbocycles. The number of halogens is 1. The van der Waals surface area contributed by atoms with Crippen LogP contribution in [0.25, 0.3) is 0 Å². The van der Waals surface area contributed by atoms with Crippen molar-refractivity contribution in [1.29, 1.82) is 0 Å². The predicted molar refractivity (Wildman–Crippen MR) is 129 cm³/mol. The molecule has 1 aromatic heterocycles. The van der Waals surface area contributed by atoms with E-state index in [-0.39, 0.29) is 24.0 Å². The zero-order valence-electron chi connectivity index (χ0n) is 17.7. The van der Waals surface area contributed by atoms with Gasteiger partial charge in [-0.3, -0.25) is 4.99 Å². The normalized spacial score (nSPS) is 19.0. The fraction of sp³-hybridized carbons (Fsp3) is 0.714. The molecular formula is C21H36IN5O2. The van der Waals surface area contributed by atoms with E-state index >= 15 is 0 Å². The third kappa shape index (κ3) is 8.25. The Balaban J connectivity index is 0.00000300. The van der Waals surface area contributed by atoms with Gasteiger partial charge in [-0.15, -0.1) is 24.0 Å². The van der Waals surface area contributed by atoms with Crippen molar-refractivity contribution in [1.82, 2.24) is 15.6 Å². The summed E-state index contributed by atoms with van der Waals surface area (Å²) in [5, 5.41) is 6.98. The first-order valence-corrected chi connectivity index (χ1v) is 10.6. The van der Waals surface area contributed by atoms with Gasteiger partial charge in [0.25, 0.3) is 0 Å². The number of nitrogens with one attached hydrogen (secondary N) is 2. The second-order valence-electron chi connectivity index (χ2n) is 7.58. The highest BCUT2D eigenvalue weighted by Crippen LogP contribution is 2.18. The zero-order chi connectivity index (χ0) is 19.6. The highest BCUT2D eigenvalue weighted by Gasteiger charge is 2.21. The van der Waals surface area contributed by atoms with E-state index in [0.717, 1.165) is 89.0 Å². The van der Waals surface area contributed by atoms with Crippen LogP contribution in [0.15, 0.2) is 23.2 Å². The molecule has 0 spiro atoms. The molecule has 2 aliphatic heterocycles. The summed E-state index contributed by atoms with van der Waals surface area (Å²) in [5.74, 6) is 1.98. The highest BCUT2D eigenvalue weighted by molar-refractivity contribution is 14.0. The van der Waals surface area contributed by atoms with Crippen LogP contribution in [0.5, 0.6) is 0 Å². The van der Waals surface area contributed by atoms with Gasteiger partial charge < -0.3 is 25.0 Å². The van der Waals surface area contributed by atoms with Crippen molar-refractivity contribution in [3.63, 3.8) is 0 Å². The molecule has 3 heterocycles. The number of nitrogens with zero attached hydrogens (tertiary/aromatic N) is 3. The van der Waals surface area contributed by atoms with Crippen LogP contribution in [0.4, 0.5) is 5.82 Å². The van der Waals surface area contributed by atoms with Crippen LogP contribution >= 0.6 is 24.0 Å². The number of pyridine rings is 1. The Kier molecular flexibility index (Phi) is 11.0. The molecule has 2 aliphatic rings. The minimum atomic E-state index is 0. The van der Waals surface area contributed by atoms with Crippen LogP contribution < -0.4 is 15.5 Å². The van der Waals surface area contributed by atoms with Crippen LogP contribution in [-0.4, -0.2) is 69.6 Å². The van der Waals surface area contributed by atoms with Gasteiger partial charge in [0.2, 0.25) is 0 Å². The maximum absolute atomic E-state index is 5.92. The summed E-state index contributed by atoms with van der Waals surface area (Å²) >= 11 is 0. The third-order valence-electron chi connectivity index (χ3n) is 5.39. The maximum atomic E-state index is 5.92. The molecule has 8 heteroatoms. The second-order valence-corrected chi connectivity index (χ2v) is 7.58. The molecule has 164 valence electrons. The molecule has 2 saturated heterocycles. The lowest BCUT2D eigenvalue weighted by Crippen LogP contribution is -2.49. The fourth-order valence-corrected chi connectivity index (χ4v) is 3.72. The molecule has 3 rings (SSSR count). The highest BCUT2D eigenvalue weighted by atomic mass is 127. The quantitative estimate of drug-likeness (QED) is 0.251. The molecule has 2 fully saturated rings. The maximum Gasteiger partial charge on any atom is 0.191 e. The predicted octanol–water partition coefficient (Wildman–Crippen LogP) is 2.73. The second kappa shape index (κ2) is 13.2.